The number of methoxy groups -OCH3 is 1. The predicted molar refractivity (Wildman–Crippen MR) is 86.8 cm³/mol. The van der Waals surface area contributed by atoms with Crippen molar-refractivity contribution in [3.8, 4) is 17.6 Å². The van der Waals surface area contributed by atoms with Crippen LogP contribution in [0.4, 0.5) is 5.69 Å². The third-order valence-corrected chi connectivity index (χ3v) is 3.83. The van der Waals surface area contributed by atoms with Gasteiger partial charge in [-0.05, 0) is 35.4 Å². The Hall–Kier alpha value is -3.04. The molecule has 0 spiro atoms. The molecule has 1 amide bonds. The van der Waals surface area contributed by atoms with Crippen molar-refractivity contribution in [1.29, 1.82) is 5.26 Å². The number of amides is 1. The predicted octanol–water partition coefficient (Wildman–Crippen LogP) is 1.98. The van der Waals surface area contributed by atoms with Crippen molar-refractivity contribution in [3.05, 3.63) is 53.1 Å². The van der Waals surface area contributed by atoms with Gasteiger partial charge in [0, 0.05) is 0 Å². The van der Waals surface area contributed by atoms with E-state index in [0.29, 0.717) is 34.9 Å². The second kappa shape index (κ2) is 6.60. The summed E-state index contributed by atoms with van der Waals surface area (Å²) in [6.45, 7) is 0.0537. The van der Waals surface area contributed by atoms with Gasteiger partial charge in [0.25, 0.3) is 5.91 Å². The fraction of sp³-hybridized carbons (Fsp3) is 0.222. The second-order valence-electron chi connectivity index (χ2n) is 5.39. The average molecular weight is 324 g/mol. The number of carbonyl (C=O) groups excluding carboxylic acids is 1. The number of aliphatic hydroxyl groups excluding tert-OH is 1. The molecule has 1 aliphatic heterocycles. The zero-order valence-electron chi connectivity index (χ0n) is 13.2. The summed E-state index contributed by atoms with van der Waals surface area (Å²) in [5.74, 6) is 0.757. The van der Waals surface area contributed by atoms with Crippen LogP contribution in [0.3, 0.4) is 0 Å². The molecule has 0 saturated carbocycles. The number of nitriles is 1. The molecular weight excluding hydrogens is 308 g/mol. The zero-order valence-corrected chi connectivity index (χ0v) is 13.2. The van der Waals surface area contributed by atoms with E-state index in [1.165, 1.54) is 7.11 Å². The van der Waals surface area contributed by atoms with Crippen molar-refractivity contribution in [2.75, 3.05) is 18.6 Å². The number of ether oxygens (including phenoxy) is 2. The molecule has 0 atom stereocenters. The van der Waals surface area contributed by atoms with Crippen LogP contribution in [-0.4, -0.2) is 24.7 Å². The smallest absolute Gasteiger partial charge is 0.265 e. The Bertz CT molecular complexity index is 826. The van der Waals surface area contributed by atoms with E-state index in [2.05, 4.69) is 6.07 Å². The van der Waals surface area contributed by atoms with Gasteiger partial charge >= 0.3 is 0 Å². The Kier molecular flexibility index (Phi) is 4.36. The average Bonchev–Trinajstić information content (AvgIpc) is 2.63. The molecule has 1 N–H and O–H groups in total. The van der Waals surface area contributed by atoms with Crippen LogP contribution in [0.25, 0.3) is 0 Å². The summed E-state index contributed by atoms with van der Waals surface area (Å²) in [5, 5.41) is 18.5. The number of rotatable bonds is 4. The molecule has 122 valence electrons. The van der Waals surface area contributed by atoms with E-state index in [9.17, 15) is 9.90 Å². The molecule has 6 nitrogen and oxygen atoms in total. The lowest BCUT2D eigenvalue weighted by Crippen LogP contribution is -2.38. The second-order valence-corrected chi connectivity index (χ2v) is 5.39. The van der Waals surface area contributed by atoms with E-state index in [0.717, 1.165) is 5.56 Å². The Morgan fingerprint density at radius 1 is 1.33 bits per heavy atom. The minimum absolute atomic E-state index is 0.0836. The number of benzene rings is 2. The first-order valence-corrected chi connectivity index (χ1v) is 7.40. The molecule has 1 aliphatic rings. The van der Waals surface area contributed by atoms with Crippen LogP contribution >= 0.6 is 0 Å². The fourth-order valence-corrected chi connectivity index (χ4v) is 2.67. The fourth-order valence-electron chi connectivity index (χ4n) is 2.67. The Labute approximate surface area is 139 Å². The third kappa shape index (κ3) is 2.90. The number of fused-ring (bicyclic) bond motifs is 1. The molecule has 0 fully saturated rings. The van der Waals surface area contributed by atoms with Crippen molar-refractivity contribution in [1.82, 2.24) is 0 Å². The third-order valence-electron chi connectivity index (χ3n) is 3.83. The first kappa shape index (κ1) is 15.8. The van der Waals surface area contributed by atoms with Gasteiger partial charge in [-0.2, -0.15) is 5.26 Å². The van der Waals surface area contributed by atoms with Gasteiger partial charge in [0.1, 0.15) is 0 Å². The van der Waals surface area contributed by atoms with Crippen LogP contribution < -0.4 is 14.4 Å². The van der Waals surface area contributed by atoms with Crippen molar-refractivity contribution in [2.45, 2.75) is 13.2 Å². The Balaban J connectivity index is 2.03. The van der Waals surface area contributed by atoms with Crippen molar-refractivity contribution in [3.63, 3.8) is 0 Å². The van der Waals surface area contributed by atoms with Gasteiger partial charge in [-0.25, -0.2) is 0 Å². The summed E-state index contributed by atoms with van der Waals surface area (Å²) in [7, 11) is 1.51. The highest BCUT2D eigenvalue weighted by atomic mass is 16.5. The van der Waals surface area contributed by atoms with Crippen LogP contribution in [0.2, 0.25) is 0 Å². The quantitative estimate of drug-likeness (QED) is 0.930. The van der Waals surface area contributed by atoms with Gasteiger partial charge in [-0.1, -0.05) is 12.1 Å². The maximum atomic E-state index is 12.3. The highest BCUT2D eigenvalue weighted by Gasteiger charge is 2.29. The maximum absolute atomic E-state index is 12.3. The molecule has 24 heavy (non-hydrogen) atoms. The summed E-state index contributed by atoms with van der Waals surface area (Å²) in [5.41, 5.74) is 2.55. The molecule has 0 aromatic heterocycles. The van der Waals surface area contributed by atoms with Gasteiger partial charge in [-0.15, -0.1) is 0 Å². The Morgan fingerprint density at radius 3 is 2.88 bits per heavy atom. The summed E-state index contributed by atoms with van der Waals surface area (Å²) >= 11 is 0. The summed E-state index contributed by atoms with van der Waals surface area (Å²) in [6.07, 6.45) is 0. The lowest BCUT2D eigenvalue weighted by Gasteiger charge is -2.31. The number of anilines is 1. The van der Waals surface area contributed by atoms with E-state index in [1.807, 2.05) is 6.07 Å². The Morgan fingerprint density at radius 2 is 2.17 bits per heavy atom. The van der Waals surface area contributed by atoms with Gasteiger partial charge in [0.15, 0.2) is 18.1 Å². The van der Waals surface area contributed by atoms with E-state index in [-0.39, 0.29) is 19.1 Å². The molecule has 6 heteroatoms. The highest BCUT2D eigenvalue weighted by Crippen LogP contribution is 2.42. The molecule has 2 aromatic rings. The van der Waals surface area contributed by atoms with E-state index < -0.39 is 0 Å². The first-order chi connectivity index (χ1) is 11.7. The molecule has 0 unspecified atom stereocenters. The number of hydrogen-bond acceptors (Lipinski definition) is 5. The lowest BCUT2D eigenvalue weighted by molar-refractivity contribution is -0.121. The van der Waals surface area contributed by atoms with E-state index in [4.69, 9.17) is 14.7 Å². The van der Waals surface area contributed by atoms with Crippen LogP contribution in [0.5, 0.6) is 11.5 Å². The largest absolute Gasteiger partial charge is 0.493 e. The molecule has 1 heterocycles. The molecule has 0 aliphatic carbocycles. The first-order valence-electron chi connectivity index (χ1n) is 7.40. The number of carbonyl (C=O) groups is 1. The molecule has 2 aromatic carbocycles. The maximum Gasteiger partial charge on any atom is 0.265 e. The van der Waals surface area contributed by atoms with Gasteiger partial charge in [0.05, 0.1) is 37.6 Å². The summed E-state index contributed by atoms with van der Waals surface area (Å²) < 4.78 is 10.8. The SMILES string of the molecule is COc1cc(CO)cc2c1OCC(=O)N2Cc1cccc(C#N)c1. The summed E-state index contributed by atoms with van der Waals surface area (Å²) in [4.78, 5) is 13.9. The number of aliphatic hydroxyl groups is 1. The van der Waals surface area contributed by atoms with Crippen molar-refractivity contribution in [2.24, 2.45) is 0 Å². The topological polar surface area (TPSA) is 82.8 Å². The van der Waals surface area contributed by atoms with Gasteiger partial charge < -0.3 is 19.5 Å². The minimum atomic E-state index is -0.193. The molecule has 0 bridgehead atoms. The van der Waals surface area contributed by atoms with Crippen molar-refractivity contribution < 1.29 is 19.4 Å². The van der Waals surface area contributed by atoms with Crippen molar-refractivity contribution >= 4 is 11.6 Å². The van der Waals surface area contributed by atoms with Crippen LogP contribution in [0.15, 0.2) is 36.4 Å². The van der Waals surface area contributed by atoms with Gasteiger partial charge in [0.2, 0.25) is 0 Å². The normalized spacial score (nSPS) is 13.0. The van der Waals surface area contributed by atoms with E-state index >= 15 is 0 Å². The monoisotopic (exact) mass is 324 g/mol. The van der Waals surface area contributed by atoms with Crippen LogP contribution in [0, 0.1) is 11.3 Å². The molecule has 3 rings (SSSR count). The van der Waals surface area contributed by atoms with Gasteiger partial charge in [-0.3, -0.25) is 4.79 Å². The summed E-state index contributed by atoms with van der Waals surface area (Å²) in [6, 6.07) is 12.6. The highest BCUT2D eigenvalue weighted by molar-refractivity contribution is 5.98. The molecule has 0 radical (unpaired) electrons. The van der Waals surface area contributed by atoms with Crippen LogP contribution in [-0.2, 0) is 17.9 Å². The standard InChI is InChI=1S/C18H16N2O4/c1-23-16-7-14(10-21)6-15-18(16)24-11-17(22)20(15)9-13-4-2-3-12(5-13)8-19/h2-7,21H,9-11H2,1H3. The molecule has 0 saturated heterocycles. The van der Waals surface area contributed by atoms with Crippen LogP contribution in [0.1, 0.15) is 16.7 Å². The lowest BCUT2D eigenvalue weighted by atomic mass is 10.1. The number of hydrogen-bond donors (Lipinski definition) is 1. The zero-order chi connectivity index (χ0) is 17.1. The van der Waals surface area contributed by atoms with E-state index in [1.54, 1.807) is 35.2 Å². The molecular formula is C18H16N2O4. The number of nitrogens with zero attached hydrogens (tertiary/aromatic N) is 2. The minimum Gasteiger partial charge on any atom is -0.493 e.